The van der Waals surface area contributed by atoms with Crippen LogP contribution in [-0.4, -0.2) is 30.0 Å². The zero-order chi connectivity index (χ0) is 29.8. The van der Waals surface area contributed by atoms with Crippen LogP contribution in [-0.2, 0) is 33.0 Å². The van der Waals surface area contributed by atoms with Crippen molar-refractivity contribution in [2.45, 2.75) is 43.9 Å². The monoisotopic (exact) mass is 572 g/mol. The van der Waals surface area contributed by atoms with Gasteiger partial charge in [-0.15, -0.1) is 0 Å². The minimum atomic E-state index is -1.34. The Hall–Kier alpha value is -4.06. The highest BCUT2D eigenvalue weighted by molar-refractivity contribution is 5.47. The number of hydrogen-bond acceptors (Lipinski definition) is 4. The summed E-state index contributed by atoms with van der Waals surface area (Å²) >= 11 is 0. The van der Waals surface area contributed by atoms with Gasteiger partial charge in [0.1, 0.15) is 17.3 Å². The molecule has 0 unspecified atom stereocenters. The number of ether oxygens (including phenoxy) is 3. The van der Waals surface area contributed by atoms with Crippen molar-refractivity contribution in [2.75, 3.05) is 13.2 Å². The van der Waals surface area contributed by atoms with Gasteiger partial charge in [-0.25, -0.2) is 0 Å². The molecule has 0 saturated carbocycles. The van der Waals surface area contributed by atoms with Gasteiger partial charge in [-0.3, -0.25) is 0 Å². The van der Waals surface area contributed by atoms with Crippen molar-refractivity contribution < 1.29 is 19.3 Å². The summed E-state index contributed by atoms with van der Waals surface area (Å²) in [7, 11) is 0. The average Bonchev–Trinajstić information content (AvgIpc) is 3.09. The van der Waals surface area contributed by atoms with E-state index in [-0.39, 0.29) is 13.2 Å². The molecule has 0 aliphatic rings. The summed E-state index contributed by atoms with van der Waals surface area (Å²) < 4.78 is 19.7. The fourth-order valence-electron chi connectivity index (χ4n) is 5.41. The van der Waals surface area contributed by atoms with Gasteiger partial charge in [0.05, 0.1) is 26.4 Å². The minimum absolute atomic E-state index is 0.0241. The summed E-state index contributed by atoms with van der Waals surface area (Å²) in [5.41, 5.74) is 2.74. The molecule has 0 heterocycles. The molecule has 5 aromatic carbocycles. The molecule has 43 heavy (non-hydrogen) atoms. The third kappa shape index (κ3) is 7.48. The van der Waals surface area contributed by atoms with E-state index in [1.54, 1.807) is 0 Å². The van der Waals surface area contributed by atoms with Crippen molar-refractivity contribution in [1.29, 1.82) is 0 Å². The Morgan fingerprint density at radius 3 is 1.37 bits per heavy atom. The number of hydrogen-bond donors (Lipinski definition) is 1. The molecule has 4 nitrogen and oxygen atoms in total. The molecule has 2 atom stereocenters. The summed E-state index contributed by atoms with van der Waals surface area (Å²) in [5.74, 6) is 0. The van der Waals surface area contributed by atoms with Crippen LogP contribution < -0.4 is 0 Å². The Balaban J connectivity index is 1.47. The standard InChI is InChI=1S/C39H40O4/c1-2-38(40,37(42-29-33-20-10-4-11-21-33)30-41-28-32-18-8-3-9-19-32)31-43-39(34-22-12-5-13-23-34,35-24-14-6-15-25-35)36-26-16-7-17-27-36/h3-27,37,40H,2,28-31H2,1H3/t37-,38+/m0/s1. The van der Waals surface area contributed by atoms with Gasteiger partial charge in [0.25, 0.3) is 0 Å². The van der Waals surface area contributed by atoms with E-state index in [1.165, 1.54) is 0 Å². The molecular weight excluding hydrogens is 532 g/mol. The lowest BCUT2D eigenvalue weighted by Gasteiger charge is -2.41. The van der Waals surface area contributed by atoms with Crippen LogP contribution in [0.15, 0.2) is 152 Å². The second kappa shape index (κ2) is 14.9. The maximum absolute atomic E-state index is 12.3. The van der Waals surface area contributed by atoms with Crippen LogP contribution >= 0.6 is 0 Å². The molecular formula is C39H40O4. The van der Waals surface area contributed by atoms with Crippen molar-refractivity contribution in [3.63, 3.8) is 0 Å². The Morgan fingerprint density at radius 2 is 0.953 bits per heavy atom. The quantitative estimate of drug-likeness (QED) is 0.129. The second-order valence-corrected chi connectivity index (χ2v) is 10.8. The highest BCUT2D eigenvalue weighted by atomic mass is 16.6. The molecule has 1 N–H and O–H groups in total. The fourth-order valence-corrected chi connectivity index (χ4v) is 5.41. The van der Waals surface area contributed by atoms with E-state index in [0.29, 0.717) is 19.6 Å². The molecule has 4 heteroatoms. The lowest BCUT2D eigenvalue weighted by Crippen LogP contribution is -2.52. The molecule has 0 amide bonds. The van der Waals surface area contributed by atoms with Crippen LogP contribution in [0.4, 0.5) is 0 Å². The van der Waals surface area contributed by atoms with E-state index in [0.717, 1.165) is 27.8 Å². The third-order valence-corrected chi connectivity index (χ3v) is 7.97. The van der Waals surface area contributed by atoms with Crippen LogP contribution in [0.1, 0.15) is 41.2 Å². The van der Waals surface area contributed by atoms with Gasteiger partial charge >= 0.3 is 0 Å². The first-order valence-electron chi connectivity index (χ1n) is 14.9. The van der Waals surface area contributed by atoms with E-state index < -0.39 is 17.3 Å². The molecule has 5 aromatic rings. The molecule has 5 rings (SSSR count). The topological polar surface area (TPSA) is 47.9 Å². The fraction of sp³-hybridized carbons (Fsp3) is 0.231. The number of benzene rings is 5. The maximum atomic E-state index is 12.3. The zero-order valence-corrected chi connectivity index (χ0v) is 24.7. The Bertz CT molecular complexity index is 1380. The van der Waals surface area contributed by atoms with E-state index >= 15 is 0 Å². The Kier molecular flexibility index (Phi) is 10.5. The first-order valence-corrected chi connectivity index (χ1v) is 14.9. The van der Waals surface area contributed by atoms with Gasteiger partial charge in [0.15, 0.2) is 0 Å². The largest absolute Gasteiger partial charge is 0.385 e. The summed E-state index contributed by atoms with van der Waals surface area (Å²) in [6.07, 6.45) is -0.225. The Morgan fingerprint density at radius 1 is 0.558 bits per heavy atom. The highest BCUT2D eigenvalue weighted by Gasteiger charge is 2.43. The predicted octanol–water partition coefficient (Wildman–Crippen LogP) is 7.94. The molecule has 0 aliphatic carbocycles. The lowest BCUT2D eigenvalue weighted by atomic mass is 9.79. The van der Waals surface area contributed by atoms with Gasteiger partial charge in [-0.05, 0) is 34.2 Å². The van der Waals surface area contributed by atoms with E-state index in [9.17, 15) is 5.11 Å². The molecule has 0 aliphatic heterocycles. The van der Waals surface area contributed by atoms with Crippen molar-refractivity contribution in [3.05, 3.63) is 179 Å². The van der Waals surface area contributed by atoms with Crippen molar-refractivity contribution >= 4 is 0 Å². The predicted molar refractivity (Wildman–Crippen MR) is 172 cm³/mol. The summed E-state index contributed by atoms with van der Waals surface area (Å²) in [5, 5.41) is 12.3. The highest BCUT2D eigenvalue weighted by Crippen LogP contribution is 2.41. The number of rotatable bonds is 15. The molecule has 0 aromatic heterocycles. The minimum Gasteiger partial charge on any atom is -0.385 e. The summed E-state index contributed by atoms with van der Waals surface area (Å²) in [6, 6.07) is 50.7. The number of aliphatic hydroxyl groups is 1. The van der Waals surface area contributed by atoms with Gasteiger partial charge in [0.2, 0.25) is 0 Å². The van der Waals surface area contributed by atoms with Gasteiger partial charge in [0, 0.05) is 0 Å². The molecule has 0 bridgehead atoms. The Labute approximate surface area is 255 Å². The summed E-state index contributed by atoms with van der Waals surface area (Å²) in [6.45, 7) is 2.98. The van der Waals surface area contributed by atoms with Gasteiger partial charge in [-0.1, -0.05) is 159 Å². The second-order valence-electron chi connectivity index (χ2n) is 10.8. The zero-order valence-electron chi connectivity index (χ0n) is 24.7. The van der Waals surface area contributed by atoms with Crippen molar-refractivity contribution in [2.24, 2.45) is 0 Å². The first-order chi connectivity index (χ1) is 21.1. The average molecular weight is 573 g/mol. The van der Waals surface area contributed by atoms with Gasteiger partial charge < -0.3 is 19.3 Å². The summed E-state index contributed by atoms with van der Waals surface area (Å²) in [4.78, 5) is 0. The maximum Gasteiger partial charge on any atom is 0.143 e. The smallest absolute Gasteiger partial charge is 0.143 e. The van der Waals surface area contributed by atoms with Crippen molar-refractivity contribution in [3.8, 4) is 0 Å². The van der Waals surface area contributed by atoms with Crippen molar-refractivity contribution in [1.82, 2.24) is 0 Å². The van der Waals surface area contributed by atoms with Crippen LogP contribution in [0.3, 0.4) is 0 Å². The molecule has 0 saturated heterocycles. The molecule has 0 fully saturated rings. The normalized spacial score (nSPS) is 13.7. The molecule has 0 radical (unpaired) electrons. The SMILES string of the molecule is CC[C@@](O)(COC(c1ccccc1)(c1ccccc1)c1ccccc1)[C@H](COCc1ccccc1)OCc1ccccc1. The molecule has 0 spiro atoms. The lowest BCUT2D eigenvalue weighted by molar-refractivity contribution is -0.184. The van der Waals surface area contributed by atoms with E-state index in [4.69, 9.17) is 14.2 Å². The van der Waals surface area contributed by atoms with Crippen LogP contribution in [0.25, 0.3) is 0 Å². The van der Waals surface area contributed by atoms with E-state index in [2.05, 4.69) is 36.4 Å². The first kappa shape index (κ1) is 30.4. The van der Waals surface area contributed by atoms with Crippen LogP contribution in [0.5, 0.6) is 0 Å². The van der Waals surface area contributed by atoms with E-state index in [1.807, 2.05) is 122 Å². The van der Waals surface area contributed by atoms with Crippen LogP contribution in [0.2, 0.25) is 0 Å². The molecule has 220 valence electrons. The van der Waals surface area contributed by atoms with Crippen LogP contribution in [0, 0.1) is 0 Å². The third-order valence-electron chi connectivity index (χ3n) is 7.97. The van der Waals surface area contributed by atoms with Gasteiger partial charge in [-0.2, -0.15) is 0 Å².